The van der Waals surface area contributed by atoms with Gasteiger partial charge in [0.05, 0.1) is 11.1 Å². The molecule has 4 nitrogen and oxygen atoms in total. The summed E-state index contributed by atoms with van der Waals surface area (Å²) >= 11 is 3.22. The third-order valence-electron chi connectivity index (χ3n) is 4.31. The molecular weight excluding hydrogens is 402 g/mol. The molecule has 0 amide bonds. The molecule has 3 rings (SSSR count). The van der Waals surface area contributed by atoms with Gasteiger partial charge in [-0.1, -0.05) is 52.3 Å². The minimum atomic E-state index is -3.16. The summed E-state index contributed by atoms with van der Waals surface area (Å²) in [4.78, 5) is 12.2. The molecule has 0 unspecified atom stereocenters. The van der Waals surface area contributed by atoms with Gasteiger partial charge in [-0.05, 0) is 41.7 Å². The first kappa shape index (κ1) is 18.3. The summed E-state index contributed by atoms with van der Waals surface area (Å²) in [5.41, 5.74) is 3.66. The number of nitrogens with zero attached hydrogens (tertiary/aromatic N) is 1. The van der Waals surface area contributed by atoms with Gasteiger partial charge in [0.15, 0.2) is 5.78 Å². The lowest BCUT2D eigenvalue weighted by atomic mass is 9.98. The zero-order chi connectivity index (χ0) is 17.9. The average molecular weight is 422 g/mol. The molecule has 0 spiro atoms. The Balaban J connectivity index is 1.91. The van der Waals surface area contributed by atoms with Crippen molar-refractivity contribution in [3.63, 3.8) is 0 Å². The minimum Gasteiger partial charge on any atom is -0.293 e. The first-order valence-corrected chi connectivity index (χ1v) is 10.9. The number of ketones is 1. The predicted molar refractivity (Wildman–Crippen MR) is 103 cm³/mol. The standard InChI is InChI=1S/C19H20BrNO3S/c20-13-19(22)18-11-16(9-15-5-2-1-3-6-15)10-17(12-18)14-21-7-4-8-25(21,23)24/h1-3,5-6,10-12H,4,7-9,13-14H2. The van der Waals surface area contributed by atoms with E-state index in [0.717, 1.165) is 16.7 Å². The van der Waals surface area contributed by atoms with Gasteiger partial charge in [0.2, 0.25) is 10.0 Å². The molecule has 25 heavy (non-hydrogen) atoms. The Morgan fingerprint density at radius 2 is 1.76 bits per heavy atom. The van der Waals surface area contributed by atoms with Crippen molar-refractivity contribution in [1.29, 1.82) is 0 Å². The van der Waals surface area contributed by atoms with Crippen LogP contribution in [0.1, 0.15) is 33.5 Å². The van der Waals surface area contributed by atoms with Crippen molar-refractivity contribution in [2.45, 2.75) is 19.4 Å². The van der Waals surface area contributed by atoms with E-state index in [2.05, 4.69) is 15.9 Å². The first-order valence-electron chi connectivity index (χ1n) is 8.22. The normalized spacial score (nSPS) is 16.8. The van der Waals surface area contributed by atoms with E-state index in [0.29, 0.717) is 31.5 Å². The Kier molecular flexibility index (Phi) is 5.71. The van der Waals surface area contributed by atoms with Gasteiger partial charge in [0.25, 0.3) is 0 Å². The highest BCUT2D eigenvalue weighted by molar-refractivity contribution is 9.09. The highest BCUT2D eigenvalue weighted by atomic mass is 79.9. The molecule has 0 radical (unpaired) electrons. The number of rotatable bonds is 6. The molecule has 132 valence electrons. The Bertz CT molecular complexity index is 865. The van der Waals surface area contributed by atoms with E-state index < -0.39 is 10.0 Å². The van der Waals surface area contributed by atoms with Crippen LogP contribution in [0.25, 0.3) is 0 Å². The topological polar surface area (TPSA) is 54.5 Å². The van der Waals surface area contributed by atoms with Crippen LogP contribution in [0.5, 0.6) is 0 Å². The molecular formula is C19H20BrNO3S. The third kappa shape index (κ3) is 4.57. The fourth-order valence-corrected chi connectivity index (χ4v) is 4.93. The van der Waals surface area contributed by atoms with E-state index in [1.54, 1.807) is 0 Å². The van der Waals surface area contributed by atoms with Gasteiger partial charge in [-0.25, -0.2) is 8.42 Å². The average Bonchev–Trinajstić information content (AvgIpc) is 2.93. The quantitative estimate of drug-likeness (QED) is 0.530. The lowest BCUT2D eigenvalue weighted by Crippen LogP contribution is -2.25. The van der Waals surface area contributed by atoms with Crippen LogP contribution in [0.15, 0.2) is 48.5 Å². The van der Waals surface area contributed by atoms with Crippen LogP contribution in [-0.4, -0.2) is 36.1 Å². The Labute approximate surface area is 157 Å². The van der Waals surface area contributed by atoms with Crippen molar-refractivity contribution >= 4 is 31.7 Å². The molecule has 2 aromatic carbocycles. The molecule has 0 aromatic heterocycles. The molecule has 1 heterocycles. The fraction of sp³-hybridized carbons (Fsp3) is 0.316. The van der Waals surface area contributed by atoms with Crippen LogP contribution in [0.4, 0.5) is 0 Å². The Morgan fingerprint density at radius 3 is 2.40 bits per heavy atom. The molecule has 0 N–H and O–H groups in total. The number of sulfonamides is 1. The second kappa shape index (κ2) is 7.81. The van der Waals surface area contributed by atoms with Crippen molar-refractivity contribution in [3.05, 3.63) is 70.8 Å². The summed E-state index contributed by atoms with van der Waals surface area (Å²) in [6.45, 7) is 0.875. The van der Waals surface area contributed by atoms with Gasteiger partial charge in [-0.15, -0.1) is 0 Å². The highest BCUT2D eigenvalue weighted by Gasteiger charge is 2.28. The number of alkyl halides is 1. The predicted octanol–water partition coefficient (Wildman–Crippen LogP) is 3.39. The summed E-state index contributed by atoms with van der Waals surface area (Å²) in [5, 5.41) is 0.253. The second-order valence-corrected chi connectivity index (χ2v) is 8.91. The van der Waals surface area contributed by atoms with Crippen LogP contribution >= 0.6 is 15.9 Å². The summed E-state index contributed by atoms with van der Waals surface area (Å²) in [6.07, 6.45) is 1.38. The number of hydrogen-bond acceptors (Lipinski definition) is 3. The summed E-state index contributed by atoms with van der Waals surface area (Å²) in [6, 6.07) is 15.8. The number of benzene rings is 2. The van der Waals surface area contributed by atoms with E-state index in [4.69, 9.17) is 0 Å². The maximum absolute atomic E-state index is 12.2. The first-order chi connectivity index (χ1) is 12.0. The zero-order valence-corrected chi connectivity index (χ0v) is 16.2. The second-order valence-electron chi connectivity index (χ2n) is 6.26. The van der Waals surface area contributed by atoms with Crippen molar-refractivity contribution in [3.8, 4) is 0 Å². The molecule has 0 saturated carbocycles. The number of hydrogen-bond donors (Lipinski definition) is 0. The summed E-state index contributed by atoms with van der Waals surface area (Å²) < 4.78 is 25.6. The largest absolute Gasteiger partial charge is 0.293 e. The van der Waals surface area contributed by atoms with Crippen molar-refractivity contribution in [1.82, 2.24) is 4.31 Å². The molecule has 1 fully saturated rings. The Morgan fingerprint density at radius 1 is 1.04 bits per heavy atom. The number of Topliss-reactive ketones (excluding diaryl/α,β-unsaturated/α-hetero) is 1. The maximum atomic E-state index is 12.2. The SMILES string of the molecule is O=C(CBr)c1cc(Cc2ccccc2)cc(CN2CCCS2(=O)=O)c1. The molecule has 0 aliphatic carbocycles. The van der Waals surface area contributed by atoms with Crippen LogP contribution in [0.3, 0.4) is 0 Å². The minimum absolute atomic E-state index is 0.000408. The maximum Gasteiger partial charge on any atom is 0.214 e. The molecule has 1 aliphatic rings. The monoisotopic (exact) mass is 421 g/mol. The number of halogens is 1. The van der Waals surface area contributed by atoms with Gasteiger partial charge >= 0.3 is 0 Å². The van der Waals surface area contributed by atoms with Crippen LogP contribution in [-0.2, 0) is 23.0 Å². The molecule has 1 saturated heterocycles. The molecule has 1 aliphatic heterocycles. The van der Waals surface area contributed by atoms with E-state index in [9.17, 15) is 13.2 Å². The van der Waals surface area contributed by atoms with E-state index in [1.165, 1.54) is 4.31 Å². The van der Waals surface area contributed by atoms with Crippen molar-refractivity contribution in [2.75, 3.05) is 17.6 Å². The van der Waals surface area contributed by atoms with E-state index in [1.807, 2.05) is 48.5 Å². The van der Waals surface area contributed by atoms with E-state index in [-0.39, 0.29) is 16.9 Å². The Hall–Kier alpha value is -1.50. The van der Waals surface area contributed by atoms with Crippen LogP contribution < -0.4 is 0 Å². The molecule has 0 atom stereocenters. The van der Waals surface area contributed by atoms with Gasteiger partial charge in [0, 0.05) is 18.7 Å². The fourth-order valence-electron chi connectivity index (χ4n) is 3.10. The highest BCUT2D eigenvalue weighted by Crippen LogP contribution is 2.21. The van der Waals surface area contributed by atoms with Gasteiger partial charge in [-0.2, -0.15) is 4.31 Å². The van der Waals surface area contributed by atoms with Crippen molar-refractivity contribution in [2.24, 2.45) is 0 Å². The van der Waals surface area contributed by atoms with Gasteiger partial charge in [-0.3, -0.25) is 4.79 Å². The summed E-state index contributed by atoms with van der Waals surface area (Å²) in [7, 11) is -3.16. The number of carbonyl (C=O) groups is 1. The zero-order valence-electron chi connectivity index (χ0n) is 13.8. The van der Waals surface area contributed by atoms with E-state index >= 15 is 0 Å². The van der Waals surface area contributed by atoms with Crippen molar-refractivity contribution < 1.29 is 13.2 Å². The van der Waals surface area contributed by atoms with Gasteiger partial charge in [0.1, 0.15) is 0 Å². The molecule has 2 aromatic rings. The smallest absolute Gasteiger partial charge is 0.214 e. The number of carbonyl (C=O) groups excluding carboxylic acids is 1. The molecule has 6 heteroatoms. The summed E-state index contributed by atoms with van der Waals surface area (Å²) in [5.74, 6) is 0.213. The third-order valence-corrected chi connectivity index (χ3v) is 6.72. The van der Waals surface area contributed by atoms with Crippen LogP contribution in [0.2, 0.25) is 0 Å². The lowest BCUT2D eigenvalue weighted by Gasteiger charge is -2.16. The van der Waals surface area contributed by atoms with Gasteiger partial charge < -0.3 is 0 Å². The lowest BCUT2D eigenvalue weighted by molar-refractivity contribution is 0.102. The molecule has 0 bridgehead atoms. The van der Waals surface area contributed by atoms with Crippen LogP contribution in [0, 0.1) is 0 Å².